The first kappa shape index (κ1) is 23.5. The first-order valence-corrected chi connectivity index (χ1v) is 12.9. The van der Waals surface area contributed by atoms with Crippen LogP contribution in [-0.4, -0.2) is 9.55 Å². The average molecular weight is 568 g/mol. The highest BCUT2D eigenvalue weighted by Gasteiger charge is 2.25. The summed E-state index contributed by atoms with van der Waals surface area (Å²) >= 11 is 9.92. The third kappa shape index (κ3) is 4.20. The van der Waals surface area contributed by atoms with Crippen LogP contribution in [0.2, 0.25) is 5.02 Å². The molecule has 4 nitrogen and oxygen atoms in total. The molecule has 0 saturated heterocycles. The van der Waals surface area contributed by atoms with Gasteiger partial charge in [0.05, 0.1) is 16.8 Å². The van der Waals surface area contributed by atoms with Gasteiger partial charge in [-0.05, 0) is 48.9 Å². The van der Waals surface area contributed by atoms with E-state index in [1.807, 2.05) is 96.4 Å². The second kappa shape index (κ2) is 9.51. The molecular formula is C31H20BrClN2O2. The summed E-state index contributed by atoms with van der Waals surface area (Å²) in [6.45, 7) is 1.88. The maximum Gasteiger partial charge on any atom is 0.203 e. The lowest BCUT2D eigenvalue weighted by Gasteiger charge is -2.14. The van der Waals surface area contributed by atoms with Gasteiger partial charge in [-0.2, -0.15) is 0 Å². The lowest BCUT2D eigenvalue weighted by Crippen LogP contribution is -2.09. The lowest BCUT2D eigenvalue weighted by molar-refractivity contribution is 0.603. The average Bonchev–Trinajstić information content (AvgIpc) is 3.32. The fourth-order valence-electron chi connectivity index (χ4n) is 4.51. The Morgan fingerprint density at radius 1 is 0.865 bits per heavy atom. The van der Waals surface area contributed by atoms with Crippen LogP contribution in [0.3, 0.4) is 0 Å². The highest BCUT2D eigenvalue weighted by molar-refractivity contribution is 9.10. The largest absolute Gasteiger partial charge is 0.463 e. The SMILES string of the molecule is Cc1cc2occ(-c3nc(-c4ccccc4)c(-c4ccccc4)n3-c3ccc(Br)cc3)c(=O)c2cc1Cl. The molecule has 4 aromatic carbocycles. The summed E-state index contributed by atoms with van der Waals surface area (Å²) in [6, 6.07) is 31.5. The van der Waals surface area contributed by atoms with Crippen LogP contribution < -0.4 is 5.43 Å². The summed E-state index contributed by atoms with van der Waals surface area (Å²) in [5.74, 6) is 0.493. The highest BCUT2D eigenvalue weighted by Crippen LogP contribution is 2.38. The first-order valence-electron chi connectivity index (χ1n) is 11.7. The van der Waals surface area contributed by atoms with Gasteiger partial charge in [-0.15, -0.1) is 0 Å². The van der Waals surface area contributed by atoms with E-state index in [1.54, 1.807) is 12.1 Å². The van der Waals surface area contributed by atoms with E-state index in [4.69, 9.17) is 21.0 Å². The molecule has 0 saturated carbocycles. The van der Waals surface area contributed by atoms with Gasteiger partial charge in [0.2, 0.25) is 5.43 Å². The second-order valence-corrected chi connectivity index (χ2v) is 10.1. The monoisotopic (exact) mass is 566 g/mol. The Morgan fingerprint density at radius 3 is 2.19 bits per heavy atom. The summed E-state index contributed by atoms with van der Waals surface area (Å²) in [7, 11) is 0. The molecule has 0 aliphatic rings. The maximum atomic E-state index is 13.8. The smallest absolute Gasteiger partial charge is 0.203 e. The fraction of sp³-hybridized carbons (Fsp3) is 0.0323. The van der Waals surface area contributed by atoms with Crippen molar-refractivity contribution in [1.82, 2.24) is 9.55 Å². The van der Waals surface area contributed by atoms with Gasteiger partial charge in [0.25, 0.3) is 0 Å². The number of fused-ring (bicyclic) bond motifs is 1. The number of halogens is 2. The van der Waals surface area contributed by atoms with Crippen molar-refractivity contribution in [3.05, 3.63) is 129 Å². The zero-order valence-electron chi connectivity index (χ0n) is 19.8. The van der Waals surface area contributed by atoms with Crippen LogP contribution in [-0.2, 0) is 0 Å². The van der Waals surface area contributed by atoms with Gasteiger partial charge in [-0.25, -0.2) is 4.98 Å². The van der Waals surface area contributed by atoms with Crippen LogP contribution in [0.5, 0.6) is 0 Å². The Balaban J connectivity index is 1.74. The van der Waals surface area contributed by atoms with Crippen molar-refractivity contribution in [3.8, 4) is 39.6 Å². The molecule has 6 heteroatoms. The van der Waals surface area contributed by atoms with Crippen molar-refractivity contribution in [2.24, 2.45) is 0 Å². The Bertz CT molecular complexity index is 1810. The van der Waals surface area contributed by atoms with Crippen molar-refractivity contribution in [2.45, 2.75) is 6.92 Å². The number of aromatic nitrogens is 2. The first-order chi connectivity index (χ1) is 18.0. The minimum Gasteiger partial charge on any atom is -0.463 e. The number of rotatable bonds is 4. The van der Waals surface area contributed by atoms with Gasteiger partial charge in [0.1, 0.15) is 17.4 Å². The predicted octanol–water partition coefficient (Wildman–Crippen LogP) is 8.70. The molecule has 0 radical (unpaired) electrons. The highest BCUT2D eigenvalue weighted by atomic mass is 79.9. The molecule has 0 atom stereocenters. The molecule has 0 aliphatic heterocycles. The molecule has 0 amide bonds. The summed E-state index contributed by atoms with van der Waals surface area (Å²) in [6.07, 6.45) is 1.50. The topological polar surface area (TPSA) is 48.0 Å². The second-order valence-electron chi connectivity index (χ2n) is 8.75. The van der Waals surface area contributed by atoms with Gasteiger partial charge < -0.3 is 4.42 Å². The molecule has 0 unspecified atom stereocenters. The van der Waals surface area contributed by atoms with Crippen LogP contribution in [0.15, 0.2) is 117 Å². The normalized spacial score (nSPS) is 11.2. The van der Waals surface area contributed by atoms with Crippen molar-refractivity contribution < 1.29 is 4.42 Å². The van der Waals surface area contributed by atoms with Crippen molar-refractivity contribution in [1.29, 1.82) is 0 Å². The molecule has 0 N–H and O–H groups in total. The molecule has 0 aliphatic carbocycles. The van der Waals surface area contributed by atoms with Crippen molar-refractivity contribution >= 4 is 38.5 Å². The number of benzene rings is 4. The lowest BCUT2D eigenvalue weighted by atomic mass is 10.0. The van der Waals surface area contributed by atoms with E-state index in [1.165, 1.54) is 6.26 Å². The van der Waals surface area contributed by atoms with Crippen molar-refractivity contribution in [2.75, 3.05) is 0 Å². The van der Waals surface area contributed by atoms with Gasteiger partial charge in [-0.3, -0.25) is 9.36 Å². The quantitative estimate of drug-likeness (QED) is 0.214. The van der Waals surface area contributed by atoms with E-state index < -0.39 is 0 Å². The zero-order valence-corrected chi connectivity index (χ0v) is 22.1. The number of hydrogen-bond donors (Lipinski definition) is 0. The zero-order chi connectivity index (χ0) is 25.5. The van der Waals surface area contributed by atoms with Crippen LogP contribution in [0.25, 0.3) is 50.6 Å². The van der Waals surface area contributed by atoms with Crippen LogP contribution in [0.1, 0.15) is 5.56 Å². The standard InChI is InChI=1S/C31H20BrClN2O2/c1-19-16-27-24(17-26(19)33)30(36)25(18-37-27)31-34-28(20-8-4-2-5-9-20)29(21-10-6-3-7-11-21)35(31)23-14-12-22(32)13-15-23/h2-18H,1H3. The van der Waals surface area contributed by atoms with Gasteiger partial charge in [0.15, 0.2) is 5.82 Å². The van der Waals surface area contributed by atoms with E-state index in [0.717, 1.165) is 38.2 Å². The molecule has 180 valence electrons. The number of aryl methyl sites for hydroxylation is 1. The molecule has 2 aromatic heterocycles. The van der Waals surface area contributed by atoms with Crippen LogP contribution >= 0.6 is 27.5 Å². The Kier molecular flexibility index (Phi) is 6.03. The molecule has 0 bridgehead atoms. The Labute approximate surface area is 226 Å². The Morgan fingerprint density at radius 2 is 1.51 bits per heavy atom. The summed E-state index contributed by atoms with van der Waals surface area (Å²) < 4.78 is 8.95. The molecular weight excluding hydrogens is 548 g/mol. The Hall–Kier alpha value is -3.93. The number of nitrogens with zero attached hydrogens (tertiary/aromatic N) is 2. The van der Waals surface area contributed by atoms with E-state index in [0.29, 0.717) is 27.4 Å². The van der Waals surface area contributed by atoms with E-state index in [2.05, 4.69) is 15.9 Å². The third-order valence-corrected chi connectivity index (χ3v) is 7.29. The van der Waals surface area contributed by atoms with Gasteiger partial charge in [0, 0.05) is 26.3 Å². The number of hydrogen-bond acceptors (Lipinski definition) is 3. The minimum atomic E-state index is -0.189. The van der Waals surface area contributed by atoms with E-state index in [-0.39, 0.29) is 5.43 Å². The predicted molar refractivity (Wildman–Crippen MR) is 153 cm³/mol. The van der Waals surface area contributed by atoms with Crippen LogP contribution in [0.4, 0.5) is 0 Å². The number of imidazole rings is 1. The fourth-order valence-corrected chi connectivity index (χ4v) is 4.94. The van der Waals surface area contributed by atoms with Crippen LogP contribution in [0, 0.1) is 6.92 Å². The molecule has 6 aromatic rings. The summed E-state index contributed by atoms with van der Waals surface area (Å²) in [5.41, 5.74) is 5.95. The van der Waals surface area contributed by atoms with Gasteiger partial charge >= 0.3 is 0 Å². The third-order valence-electron chi connectivity index (χ3n) is 6.35. The minimum absolute atomic E-state index is 0.189. The molecule has 0 fully saturated rings. The van der Waals surface area contributed by atoms with Gasteiger partial charge in [-0.1, -0.05) is 88.2 Å². The van der Waals surface area contributed by atoms with E-state index in [9.17, 15) is 4.79 Å². The molecule has 6 rings (SSSR count). The summed E-state index contributed by atoms with van der Waals surface area (Å²) in [5, 5.41) is 0.934. The van der Waals surface area contributed by atoms with E-state index >= 15 is 0 Å². The maximum absolute atomic E-state index is 13.8. The molecule has 0 spiro atoms. The molecule has 2 heterocycles. The molecule has 37 heavy (non-hydrogen) atoms. The van der Waals surface area contributed by atoms with Crippen molar-refractivity contribution in [3.63, 3.8) is 0 Å². The summed E-state index contributed by atoms with van der Waals surface area (Å²) in [4.78, 5) is 18.9.